The van der Waals surface area contributed by atoms with Crippen LogP contribution in [0.4, 0.5) is 0 Å². The maximum absolute atomic E-state index is 6.72. The minimum atomic E-state index is -0.181. The molecule has 2 aromatic rings. The van der Waals surface area contributed by atoms with E-state index >= 15 is 0 Å². The molecule has 1 fully saturated rings. The molecule has 1 aromatic carbocycles. The monoisotopic (exact) mass is 254 g/mol. The van der Waals surface area contributed by atoms with Gasteiger partial charge >= 0.3 is 0 Å². The molecule has 1 saturated carbocycles. The van der Waals surface area contributed by atoms with Crippen molar-refractivity contribution < 1.29 is 0 Å². The molecule has 0 aliphatic heterocycles. The third-order valence-corrected chi connectivity index (χ3v) is 4.78. The van der Waals surface area contributed by atoms with Crippen LogP contribution in [0.5, 0.6) is 0 Å². The first-order chi connectivity index (χ1) is 9.23. The van der Waals surface area contributed by atoms with Crippen LogP contribution in [-0.4, -0.2) is 4.98 Å². The Morgan fingerprint density at radius 2 is 1.95 bits per heavy atom. The Kier molecular flexibility index (Phi) is 3.28. The minimum absolute atomic E-state index is 0.181. The summed E-state index contributed by atoms with van der Waals surface area (Å²) < 4.78 is 0. The molecule has 3 rings (SSSR count). The molecule has 0 amide bonds. The molecule has 2 N–H and O–H groups in total. The van der Waals surface area contributed by atoms with Gasteiger partial charge in [-0.25, -0.2) is 0 Å². The molecule has 0 bridgehead atoms. The fourth-order valence-electron chi connectivity index (χ4n) is 3.38. The van der Waals surface area contributed by atoms with E-state index in [-0.39, 0.29) is 5.54 Å². The average Bonchev–Trinajstić information content (AvgIpc) is 2.47. The van der Waals surface area contributed by atoms with Crippen LogP contribution in [-0.2, 0) is 5.54 Å². The second kappa shape index (κ2) is 4.93. The van der Waals surface area contributed by atoms with E-state index in [0.29, 0.717) is 0 Å². The summed E-state index contributed by atoms with van der Waals surface area (Å²) in [7, 11) is 0. The van der Waals surface area contributed by atoms with Crippen molar-refractivity contribution in [2.45, 2.75) is 44.6 Å². The summed E-state index contributed by atoms with van der Waals surface area (Å²) in [5.41, 5.74) is 7.78. The SMILES string of the molecule is CCC1CCC(N)(c2cncc3ccccc23)CC1. The molecule has 100 valence electrons. The molecule has 2 nitrogen and oxygen atoms in total. The summed E-state index contributed by atoms with van der Waals surface area (Å²) in [6, 6.07) is 8.44. The smallest absolute Gasteiger partial charge is 0.0431 e. The number of hydrogen-bond acceptors (Lipinski definition) is 2. The molecule has 0 saturated heterocycles. The van der Waals surface area contributed by atoms with Crippen LogP contribution in [0.3, 0.4) is 0 Å². The van der Waals surface area contributed by atoms with Crippen molar-refractivity contribution in [1.29, 1.82) is 0 Å². The van der Waals surface area contributed by atoms with Crippen LogP contribution >= 0.6 is 0 Å². The maximum Gasteiger partial charge on any atom is 0.0431 e. The van der Waals surface area contributed by atoms with E-state index < -0.39 is 0 Å². The van der Waals surface area contributed by atoms with E-state index in [2.05, 4.69) is 36.2 Å². The van der Waals surface area contributed by atoms with Crippen molar-refractivity contribution in [3.63, 3.8) is 0 Å². The predicted octanol–water partition coefficient (Wildman–Crippen LogP) is 3.99. The molecule has 0 spiro atoms. The van der Waals surface area contributed by atoms with Crippen molar-refractivity contribution in [2.24, 2.45) is 11.7 Å². The third kappa shape index (κ3) is 2.25. The Morgan fingerprint density at radius 3 is 2.68 bits per heavy atom. The van der Waals surface area contributed by atoms with Gasteiger partial charge in [0.2, 0.25) is 0 Å². The van der Waals surface area contributed by atoms with Crippen molar-refractivity contribution >= 4 is 10.8 Å². The third-order valence-electron chi connectivity index (χ3n) is 4.78. The zero-order valence-electron chi connectivity index (χ0n) is 11.6. The van der Waals surface area contributed by atoms with E-state index in [1.807, 2.05) is 12.4 Å². The predicted molar refractivity (Wildman–Crippen MR) is 79.9 cm³/mol. The van der Waals surface area contributed by atoms with Gasteiger partial charge < -0.3 is 5.73 Å². The Bertz CT molecular complexity index is 563. The normalized spacial score (nSPS) is 27.6. The van der Waals surface area contributed by atoms with E-state index in [1.54, 1.807) is 0 Å². The van der Waals surface area contributed by atoms with E-state index in [4.69, 9.17) is 5.73 Å². The summed E-state index contributed by atoms with van der Waals surface area (Å²) in [6.45, 7) is 2.29. The lowest BCUT2D eigenvalue weighted by Crippen LogP contribution is -2.40. The summed E-state index contributed by atoms with van der Waals surface area (Å²) >= 11 is 0. The summed E-state index contributed by atoms with van der Waals surface area (Å²) in [5, 5.41) is 2.47. The number of nitrogens with zero attached hydrogens (tertiary/aromatic N) is 1. The second-order valence-corrected chi connectivity index (χ2v) is 5.92. The number of nitrogens with two attached hydrogens (primary N) is 1. The van der Waals surface area contributed by atoms with Crippen LogP contribution in [0.25, 0.3) is 10.8 Å². The van der Waals surface area contributed by atoms with Gasteiger partial charge in [0, 0.05) is 23.3 Å². The van der Waals surface area contributed by atoms with Gasteiger partial charge in [0.1, 0.15) is 0 Å². The number of aromatic nitrogens is 1. The standard InChI is InChI=1S/C17H22N2/c1-2-13-7-9-17(18,10-8-13)16-12-19-11-14-5-3-4-6-15(14)16/h3-6,11-13H,2,7-10,18H2,1H3. The van der Waals surface area contributed by atoms with Crippen LogP contribution < -0.4 is 5.73 Å². The first-order valence-corrected chi connectivity index (χ1v) is 7.35. The molecule has 0 radical (unpaired) electrons. The number of rotatable bonds is 2. The Labute approximate surface area is 115 Å². The van der Waals surface area contributed by atoms with Gasteiger partial charge in [0.05, 0.1) is 0 Å². The molecule has 0 unspecified atom stereocenters. The highest BCUT2D eigenvalue weighted by Gasteiger charge is 2.33. The fraction of sp³-hybridized carbons (Fsp3) is 0.471. The molecule has 0 atom stereocenters. The number of hydrogen-bond donors (Lipinski definition) is 1. The van der Waals surface area contributed by atoms with Gasteiger partial charge in [-0.1, -0.05) is 37.6 Å². The molecule has 1 aliphatic carbocycles. The van der Waals surface area contributed by atoms with Crippen LogP contribution in [0.2, 0.25) is 0 Å². The largest absolute Gasteiger partial charge is 0.321 e. The van der Waals surface area contributed by atoms with Gasteiger partial charge in [-0.3, -0.25) is 4.98 Å². The number of pyridine rings is 1. The van der Waals surface area contributed by atoms with Crippen molar-refractivity contribution in [2.75, 3.05) is 0 Å². The van der Waals surface area contributed by atoms with E-state index in [0.717, 1.165) is 18.8 Å². The molecule has 1 aromatic heterocycles. The lowest BCUT2D eigenvalue weighted by molar-refractivity contribution is 0.233. The minimum Gasteiger partial charge on any atom is -0.321 e. The van der Waals surface area contributed by atoms with E-state index in [1.165, 1.54) is 35.6 Å². The summed E-state index contributed by atoms with van der Waals surface area (Å²) in [6.07, 6.45) is 9.85. The van der Waals surface area contributed by atoms with Crippen molar-refractivity contribution in [1.82, 2.24) is 4.98 Å². The summed E-state index contributed by atoms with van der Waals surface area (Å²) in [5.74, 6) is 0.861. The Hall–Kier alpha value is -1.41. The van der Waals surface area contributed by atoms with Gasteiger partial charge in [-0.2, -0.15) is 0 Å². The topological polar surface area (TPSA) is 38.9 Å². The van der Waals surface area contributed by atoms with Crippen LogP contribution in [0.15, 0.2) is 36.7 Å². The zero-order valence-corrected chi connectivity index (χ0v) is 11.6. The van der Waals surface area contributed by atoms with E-state index in [9.17, 15) is 0 Å². The lowest BCUT2D eigenvalue weighted by Gasteiger charge is -2.37. The van der Waals surface area contributed by atoms with Gasteiger partial charge in [-0.05, 0) is 42.6 Å². The van der Waals surface area contributed by atoms with Crippen molar-refractivity contribution in [3.05, 3.63) is 42.2 Å². The van der Waals surface area contributed by atoms with Gasteiger partial charge in [0.25, 0.3) is 0 Å². The van der Waals surface area contributed by atoms with Crippen LogP contribution in [0.1, 0.15) is 44.6 Å². The van der Waals surface area contributed by atoms with Crippen LogP contribution in [0, 0.1) is 5.92 Å². The first kappa shape index (κ1) is 12.6. The summed E-state index contributed by atoms with van der Waals surface area (Å²) in [4.78, 5) is 4.39. The Balaban J connectivity index is 2.00. The Morgan fingerprint density at radius 1 is 1.21 bits per heavy atom. The fourth-order valence-corrected chi connectivity index (χ4v) is 3.38. The second-order valence-electron chi connectivity index (χ2n) is 5.92. The molecule has 2 heteroatoms. The average molecular weight is 254 g/mol. The molecular weight excluding hydrogens is 232 g/mol. The van der Waals surface area contributed by atoms with Crippen molar-refractivity contribution in [3.8, 4) is 0 Å². The number of benzene rings is 1. The molecule has 1 aliphatic rings. The highest BCUT2D eigenvalue weighted by Crippen LogP contribution is 2.40. The first-order valence-electron chi connectivity index (χ1n) is 7.35. The molecule has 19 heavy (non-hydrogen) atoms. The lowest BCUT2D eigenvalue weighted by atomic mass is 9.72. The number of fused-ring (bicyclic) bond motifs is 1. The molecular formula is C17H22N2. The maximum atomic E-state index is 6.72. The van der Waals surface area contributed by atoms with Gasteiger partial charge in [0.15, 0.2) is 0 Å². The zero-order chi connectivity index (χ0) is 13.3. The highest BCUT2D eigenvalue weighted by atomic mass is 14.8. The highest BCUT2D eigenvalue weighted by molar-refractivity contribution is 5.85. The van der Waals surface area contributed by atoms with Gasteiger partial charge in [-0.15, -0.1) is 0 Å². The quantitative estimate of drug-likeness (QED) is 0.880. The molecule has 1 heterocycles.